The highest BCUT2D eigenvalue weighted by Crippen LogP contribution is 2.27. The van der Waals surface area contributed by atoms with Crippen molar-refractivity contribution >= 4 is 17.7 Å². The molecular weight excluding hydrogens is 308 g/mol. The molecule has 0 saturated heterocycles. The van der Waals surface area contributed by atoms with Gasteiger partial charge in [0, 0.05) is 0 Å². The minimum atomic E-state index is -0.603. The standard InChI is InChI=1S/C18H16N2O4/c1-11-3-6-17(24-2)14(7-11)20-18(23)13(10-19)8-12-4-5-15(21)16(22)9-12/h3-9,21-22H,1-2H3,(H,20,23)/b13-8+. The molecule has 2 aromatic carbocycles. The molecule has 0 atom stereocenters. The summed E-state index contributed by atoms with van der Waals surface area (Å²) in [6, 6.07) is 11.1. The molecule has 0 unspecified atom stereocenters. The van der Waals surface area contributed by atoms with Crippen molar-refractivity contribution in [3.05, 3.63) is 53.1 Å². The normalized spacial score (nSPS) is 10.8. The first kappa shape index (κ1) is 16.9. The Hall–Kier alpha value is -3.46. The van der Waals surface area contributed by atoms with Crippen LogP contribution in [0.3, 0.4) is 0 Å². The largest absolute Gasteiger partial charge is 0.504 e. The zero-order chi connectivity index (χ0) is 17.7. The van der Waals surface area contributed by atoms with Crippen LogP contribution in [0.25, 0.3) is 6.08 Å². The molecule has 0 bridgehead atoms. The average Bonchev–Trinajstić information content (AvgIpc) is 2.56. The van der Waals surface area contributed by atoms with E-state index in [4.69, 9.17) is 4.74 Å². The fourth-order valence-corrected chi connectivity index (χ4v) is 2.05. The number of ether oxygens (including phenoxy) is 1. The van der Waals surface area contributed by atoms with Crippen molar-refractivity contribution in [1.82, 2.24) is 0 Å². The third-order valence-electron chi connectivity index (χ3n) is 3.28. The molecule has 122 valence electrons. The minimum Gasteiger partial charge on any atom is -0.504 e. The van der Waals surface area contributed by atoms with Gasteiger partial charge in [-0.2, -0.15) is 5.26 Å². The molecule has 0 aliphatic rings. The molecule has 6 nitrogen and oxygen atoms in total. The third-order valence-corrected chi connectivity index (χ3v) is 3.28. The number of hydrogen-bond acceptors (Lipinski definition) is 5. The van der Waals surface area contributed by atoms with Crippen LogP contribution in [0.5, 0.6) is 17.2 Å². The number of hydrogen-bond donors (Lipinski definition) is 3. The van der Waals surface area contributed by atoms with Gasteiger partial charge < -0.3 is 20.3 Å². The molecule has 0 aromatic heterocycles. The number of aromatic hydroxyl groups is 2. The van der Waals surface area contributed by atoms with Gasteiger partial charge in [-0.05, 0) is 48.4 Å². The summed E-state index contributed by atoms with van der Waals surface area (Å²) in [4.78, 5) is 12.3. The summed E-state index contributed by atoms with van der Waals surface area (Å²) in [5, 5.41) is 30.6. The van der Waals surface area contributed by atoms with Gasteiger partial charge in [0.1, 0.15) is 17.4 Å². The number of nitrogens with zero attached hydrogens (tertiary/aromatic N) is 1. The average molecular weight is 324 g/mol. The first-order valence-electron chi connectivity index (χ1n) is 7.04. The number of carbonyl (C=O) groups excluding carboxylic acids is 1. The molecule has 0 radical (unpaired) electrons. The quantitative estimate of drug-likeness (QED) is 0.456. The maximum absolute atomic E-state index is 12.3. The van der Waals surface area contributed by atoms with Crippen LogP contribution in [0.15, 0.2) is 42.0 Å². The monoisotopic (exact) mass is 324 g/mol. The van der Waals surface area contributed by atoms with Gasteiger partial charge in [0.05, 0.1) is 12.8 Å². The summed E-state index contributed by atoms with van der Waals surface area (Å²) in [7, 11) is 1.49. The van der Waals surface area contributed by atoms with E-state index in [1.807, 2.05) is 19.1 Å². The van der Waals surface area contributed by atoms with E-state index in [0.717, 1.165) is 5.56 Å². The summed E-state index contributed by atoms with van der Waals surface area (Å²) >= 11 is 0. The van der Waals surface area contributed by atoms with Crippen LogP contribution < -0.4 is 10.1 Å². The van der Waals surface area contributed by atoms with Gasteiger partial charge in [0.15, 0.2) is 11.5 Å². The predicted molar refractivity (Wildman–Crippen MR) is 89.7 cm³/mol. The van der Waals surface area contributed by atoms with Crippen LogP contribution in [0.4, 0.5) is 5.69 Å². The van der Waals surface area contributed by atoms with Gasteiger partial charge in [0.25, 0.3) is 5.91 Å². The number of nitriles is 1. The summed E-state index contributed by atoms with van der Waals surface area (Å²) in [6.45, 7) is 1.87. The molecule has 0 saturated carbocycles. The molecule has 1 amide bonds. The van der Waals surface area contributed by atoms with Gasteiger partial charge in [-0.3, -0.25) is 4.79 Å². The Morgan fingerprint density at radius 2 is 1.96 bits per heavy atom. The Bertz CT molecular complexity index is 851. The van der Waals surface area contributed by atoms with Gasteiger partial charge in [0.2, 0.25) is 0 Å². The number of nitrogens with one attached hydrogen (secondary N) is 1. The number of carbonyl (C=O) groups is 1. The predicted octanol–water partition coefficient (Wildman–Crippen LogP) is 2.96. The zero-order valence-corrected chi connectivity index (χ0v) is 13.2. The molecular formula is C18H16N2O4. The highest BCUT2D eigenvalue weighted by Gasteiger charge is 2.13. The summed E-state index contributed by atoms with van der Waals surface area (Å²) < 4.78 is 5.18. The first-order chi connectivity index (χ1) is 11.4. The van der Waals surface area contributed by atoms with Gasteiger partial charge in [-0.15, -0.1) is 0 Å². The van der Waals surface area contributed by atoms with Crippen LogP contribution >= 0.6 is 0 Å². The molecule has 0 aliphatic heterocycles. The molecule has 6 heteroatoms. The number of rotatable bonds is 4. The lowest BCUT2D eigenvalue weighted by Crippen LogP contribution is -2.14. The molecule has 3 N–H and O–H groups in total. The number of phenolic OH excluding ortho intramolecular Hbond substituents is 2. The highest BCUT2D eigenvalue weighted by molar-refractivity contribution is 6.10. The summed E-state index contributed by atoms with van der Waals surface area (Å²) in [6.07, 6.45) is 1.32. The Kier molecular flexibility index (Phi) is 5.07. The number of amides is 1. The Morgan fingerprint density at radius 3 is 2.58 bits per heavy atom. The van der Waals surface area contributed by atoms with Crippen LogP contribution in [0.1, 0.15) is 11.1 Å². The molecule has 24 heavy (non-hydrogen) atoms. The Balaban J connectivity index is 2.29. The summed E-state index contributed by atoms with van der Waals surface area (Å²) in [5.74, 6) is -0.733. The number of anilines is 1. The van der Waals surface area contributed by atoms with E-state index in [1.165, 1.54) is 31.4 Å². The molecule has 0 aliphatic carbocycles. The summed E-state index contributed by atoms with van der Waals surface area (Å²) in [5.41, 5.74) is 1.64. The van der Waals surface area contributed by atoms with Crippen LogP contribution in [0.2, 0.25) is 0 Å². The fourth-order valence-electron chi connectivity index (χ4n) is 2.05. The highest BCUT2D eigenvalue weighted by atomic mass is 16.5. The van der Waals surface area contributed by atoms with E-state index in [9.17, 15) is 20.3 Å². The Labute approximate surface area is 139 Å². The first-order valence-corrected chi connectivity index (χ1v) is 7.04. The molecule has 0 heterocycles. The van der Waals surface area contributed by atoms with Crippen molar-refractivity contribution in [3.63, 3.8) is 0 Å². The number of benzene rings is 2. The lowest BCUT2D eigenvalue weighted by atomic mass is 10.1. The SMILES string of the molecule is COc1ccc(C)cc1NC(=O)/C(C#N)=C/c1ccc(O)c(O)c1. The molecule has 2 rings (SSSR count). The van der Waals surface area contributed by atoms with E-state index in [1.54, 1.807) is 12.1 Å². The third kappa shape index (κ3) is 3.84. The Morgan fingerprint density at radius 1 is 1.21 bits per heavy atom. The smallest absolute Gasteiger partial charge is 0.266 e. The number of methoxy groups -OCH3 is 1. The second kappa shape index (κ2) is 7.20. The van der Waals surface area contributed by atoms with Gasteiger partial charge in [-0.1, -0.05) is 12.1 Å². The van der Waals surface area contributed by atoms with Crippen LogP contribution in [-0.2, 0) is 4.79 Å². The van der Waals surface area contributed by atoms with E-state index >= 15 is 0 Å². The van der Waals surface area contributed by atoms with Crippen molar-refractivity contribution in [2.75, 3.05) is 12.4 Å². The molecule has 0 spiro atoms. The lowest BCUT2D eigenvalue weighted by Gasteiger charge is -2.10. The second-order valence-electron chi connectivity index (χ2n) is 5.08. The van der Waals surface area contributed by atoms with E-state index < -0.39 is 5.91 Å². The van der Waals surface area contributed by atoms with Gasteiger partial charge in [-0.25, -0.2) is 0 Å². The molecule has 0 fully saturated rings. The van der Waals surface area contributed by atoms with Crippen molar-refractivity contribution < 1.29 is 19.7 Å². The number of phenols is 2. The van der Waals surface area contributed by atoms with Crippen molar-refractivity contribution in [1.29, 1.82) is 5.26 Å². The second-order valence-corrected chi connectivity index (χ2v) is 5.08. The maximum Gasteiger partial charge on any atom is 0.266 e. The minimum absolute atomic E-state index is 0.149. The van der Waals surface area contributed by atoms with E-state index in [2.05, 4.69) is 5.32 Å². The van der Waals surface area contributed by atoms with E-state index in [-0.39, 0.29) is 17.1 Å². The topological polar surface area (TPSA) is 103 Å². The van der Waals surface area contributed by atoms with Crippen molar-refractivity contribution in [3.8, 4) is 23.3 Å². The van der Waals surface area contributed by atoms with Gasteiger partial charge >= 0.3 is 0 Å². The maximum atomic E-state index is 12.3. The fraction of sp³-hybridized carbons (Fsp3) is 0.111. The van der Waals surface area contributed by atoms with Crippen LogP contribution in [-0.4, -0.2) is 23.2 Å². The number of aryl methyl sites for hydroxylation is 1. The van der Waals surface area contributed by atoms with E-state index in [0.29, 0.717) is 17.0 Å². The van der Waals surface area contributed by atoms with Crippen LogP contribution in [0, 0.1) is 18.3 Å². The lowest BCUT2D eigenvalue weighted by molar-refractivity contribution is -0.112. The van der Waals surface area contributed by atoms with Crippen molar-refractivity contribution in [2.24, 2.45) is 0 Å². The van der Waals surface area contributed by atoms with Crippen molar-refractivity contribution in [2.45, 2.75) is 6.92 Å². The molecule has 2 aromatic rings. The zero-order valence-electron chi connectivity index (χ0n) is 13.2.